The van der Waals surface area contributed by atoms with Gasteiger partial charge in [-0.1, -0.05) is 11.6 Å². The molecule has 2 N–H and O–H groups in total. The minimum atomic E-state index is -3.08. The van der Waals surface area contributed by atoms with Crippen LogP contribution in [0.15, 0.2) is 18.2 Å². The molecule has 7 nitrogen and oxygen atoms in total. The Morgan fingerprint density at radius 2 is 2.14 bits per heavy atom. The highest BCUT2D eigenvalue weighted by Crippen LogP contribution is 2.23. The van der Waals surface area contributed by atoms with Crippen molar-refractivity contribution in [2.75, 3.05) is 18.1 Å². The Morgan fingerprint density at radius 1 is 1.41 bits per heavy atom. The van der Waals surface area contributed by atoms with Crippen LogP contribution in [-0.2, 0) is 14.6 Å². The van der Waals surface area contributed by atoms with E-state index in [-0.39, 0.29) is 27.8 Å². The molecule has 2 rings (SSSR count). The van der Waals surface area contributed by atoms with Gasteiger partial charge in [-0.3, -0.25) is 4.79 Å². The molecule has 9 heteroatoms. The number of carbonyl (C=O) groups excluding carboxylic acids is 1. The van der Waals surface area contributed by atoms with E-state index in [1.165, 1.54) is 18.2 Å². The fraction of sp³-hybridized carbons (Fsp3) is 0.385. The summed E-state index contributed by atoms with van der Waals surface area (Å²) in [7, 11) is -3.08. The first kappa shape index (κ1) is 16.6. The molecule has 120 valence electrons. The van der Waals surface area contributed by atoms with Crippen molar-refractivity contribution >= 4 is 33.3 Å². The summed E-state index contributed by atoms with van der Waals surface area (Å²) in [5.41, 5.74) is -0.111. The number of hydrogen-bond acceptors (Lipinski definition) is 5. The number of hydrogen-bond donors (Lipinski definition) is 2. The summed E-state index contributed by atoms with van der Waals surface area (Å²) in [5, 5.41) is 11.8. The van der Waals surface area contributed by atoms with Crippen molar-refractivity contribution in [3.63, 3.8) is 0 Å². The average Bonchev–Trinajstić information content (AvgIpc) is 2.75. The number of carbonyl (C=O) groups is 2. The second-order valence-corrected chi connectivity index (χ2v) is 7.57. The molecule has 1 saturated heterocycles. The van der Waals surface area contributed by atoms with Gasteiger partial charge in [0.2, 0.25) is 0 Å². The zero-order valence-electron chi connectivity index (χ0n) is 11.4. The quantitative estimate of drug-likeness (QED) is 0.812. The SMILES string of the molecule is O=C(COc1cc(Cl)ccc1C(=O)O)N[C@@H]1CCS(=O)(=O)C1. The van der Waals surface area contributed by atoms with Crippen LogP contribution in [0.25, 0.3) is 0 Å². The van der Waals surface area contributed by atoms with Crippen molar-refractivity contribution < 1.29 is 27.9 Å². The zero-order valence-corrected chi connectivity index (χ0v) is 13.0. The van der Waals surface area contributed by atoms with Crippen molar-refractivity contribution in [2.45, 2.75) is 12.5 Å². The minimum Gasteiger partial charge on any atom is -0.483 e. The maximum Gasteiger partial charge on any atom is 0.339 e. The molecule has 1 aliphatic rings. The van der Waals surface area contributed by atoms with Crippen LogP contribution in [0.3, 0.4) is 0 Å². The van der Waals surface area contributed by atoms with Crippen molar-refractivity contribution in [3.8, 4) is 5.75 Å². The fourth-order valence-corrected chi connectivity index (χ4v) is 3.95. The van der Waals surface area contributed by atoms with Gasteiger partial charge in [-0.2, -0.15) is 0 Å². The van der Waals surface area contributed by atoms with Crippen LogP contribution in [0.2, 0.25) is 5.02 Å². The van der Waals surface area contributed by atoms with Gasteiger partial charge in [0, 0.05) is 11.1 Å². The number of carboxylic acids is 1. The molecule has 22 heavy (non-hydrogen) atoms. The topological polar surface area (TPSA) is 110 Å². The molecule has 1 amide bonds. The molecule has 1 atom stereocenters. The first-order chi connectivity index (χ1) is 10.3. The predicted octanol–water partition coefficient (Wildman–Crippen LogP) is 0.720. The number of sulfone groups is 1. The first-order valence-electron chi connectivity index (χ1n) is 6.42. The van der Waals surface area contributed by atoms with Crippen molar-refractivity contribution in [3.05, 3.63) is 28.8 Å². The van der Waals surface area contributed by atoms with E-state index in [1.54, 1.807) is 0 Å². The van der Waals surface area contributed by atoms with Crippen molar-refractivity contribution in [1.29, 1.82) is 0 Å². The second-order valence-electron chi connectivity index (χ2n) is 4.90. The van der Waals surface area contributed by atoms with Gasteiger partial charge >= 0.3 is 5.97 Å². The van der Waals surface area contributed by atoms with Crippen LogP contribution in [0.4, 0.5) is 0 Å². The third kappa shape index (κ3) is 4.35. The third-order valence-corrected chi connectivity index (χ3v) is 5.13. The summed E-state index contributed by atoms with van der Waals surface area (Å²) in [6, 6.07) is 3.56. The summed E-state index contributed by atoms with van der Waals surface area (Å²) >= 11 is 5.77. The van der Waals surface area contributed by atoms with Crippen LogP contribution >= 0.6 is 11.6 Å². The van der Waals surface area contributed by atoms with E-state index in [0.29, 0.717) is 6.42 Å². The Bertz CT molecular complexity index is 702. The fourth-order valence-electron chi connectivity index (χ4n) is 2.11. The predicted molar refractivity (Wildman–Crippen MR) is 79.1 cm³/mol. The Morgan fingerprint density at radius 3 is 2.73 bits per heavy atom. The number of ether oxygens (including phenoxy) is 1. The molecule has 0 spiro atoms. The molecule has 1 aliphatic heterocycles. The lowest BCUT2D eigenvalue weighted by Gasteiger charge is -2.13. The Balaban J connectivity index is 1.94. The van der Waals surface area contributed by atoms with Crippen LogP contribution in [0.5, 0.6) is 5.75 Å². The molecule has 0 radical (unpaired) electrons. The van der Waals surface area contributed by atoms with Crippen LogP contribution < -0.4 is 10.1 Å². The maximum absolute atomic E-state index is 11.7. The van der Waals surface area contributed by atoms with E-state index >= 15 is 0 Å². The maximum atomic E-state index is 11.7. The molecule has 0 unspecified atom stereocenters. The monoisotopic (exact) mass is 347 g/mol. The summed E-state index contributed by atoms with van der Waals surface area (Å²) < 4.78 is 27.8. The van der Waals surface area contributed by atoms with Gasteiger partial charge in [-0.15, -0.1) is 0 Å². The number of amides is 1. The molecule has 0 aliphatic carbocycles. The lowest BCUT2D eigenvalue weighted by molar-refractivity contribution is -0.123. The largest absolute Gasteiger partial charge is 0.483 e. The van der Waals surface area contributed by atoms with E-state index in [9.17, 15) is 18.0 Å². The lowest BCUT2D eigenvalue weighted by atomic mass is 10.2. The Labute approximate surface area is 132 Å². The third-order valence-electron chi connectivity index (χ3n) is 3.13. The van der Waals surface area contributed by atoms with E-state index in [1.807, 2.05) is 0 Å². The summed E-state index contributed by atoms with van der Waals surface area (Å²) in [4.78, 5) is 22.8. The van der Waals surface area contributed by atoms with Crippen molar-refractivity contribution in [1.82, 2.24) is 5.32 Å². The van der Waals surface area contributed by atoms with Crippen LogP contribution in [0.1, 0.15) is 16.8 Å². The lowest BCUT2D eigenvalue weighted by Crippen LogP contribution is -2.38. The highest BCUT2D eigenvalue weighted by atomic mass is 35.5. The van der Waals surface area contributed by atoms with E-state index in [2.05, 4.69) is 5.32 Å². The van der Waals surface area contributed by atoms with Gasteiger partial charge in [0.1, 0.15) is 11.3 Å². The zero-order chi connectivity index (χ0) is 16.3. The number of benzene rings is 1. The van der Waals surface area contributed by atoms with Crippen LogP contribution in [-0.4, -0.2) is 49.6 Å². The summed E-state index contributed by atoms with van der Waals surface area (Å²) in [5.74, 6) is -1.77. The Hall–Kier alpha value is -1.80. The normalized spacial score (nSPS) is 19.6. The highest BCUT2D eigenvalue weighted by Gasteiger charge is 2.29. The van der Waals surface area contributed by atoms with Gasteiger partial charge in [-0.05, 0) is 24.6 Å². The molecule has 1 heterocycles. The minimum absolute atomic E-state index is 0.0193. The number of nitrogens with one attached hydrogen (secondary N) is 1. The van der Waals surface area contributed by atoms with Gasteiger partial charge in [-0.25, -0.2) is 13.2 Å². The van der Waals surface area contributed by atoms with Gasteiger partial charge < -0.3 is 15.2 Å². The molecule has 1 aromatic rings. The molecule has 0 bridgehead atoms. The average molecular weight is 348 g/mol. The van der Waals surface area contributed by atoms with E-state index < -0.39 is 34.4 Å². The van der Waals surface area contributed by atoms with Gasteiger partial charge in [0.25, 0.3) is 5.91 Å². The smallest absolute Gasteiger partial charge is 0.339 e. The highest BCUT2D eigenvalue weighted by molar-refractivity contribution is 7.91. The molecular weight excluding hydrogens is 334 g/mol. The number of rotatable bonds is 5. The van der Waals surface area contributed by atoms with E-state index in [4.69, 9.17) is 21.4 Å². The van der Waals surface area contributed by atoms with Gasteiger partial charge in [0.05, 0.1) is 11.5 Å². The molecular formula is C13H14ClNO6S. The number of halogens is 1. The summed E-state index contributed by atoms with van der Waals surface area (Å²) in [6.45, 7) is -0.419. The molecule has 0 aromatic heterocycles. The molecule has 1 fully saturated rings. The number of carboxylic acid groups (broad SMARTS) is 1. The van der Waals surface area contributed by atoms with Crippen molar-refractivity contribution in [2.24, 2.45) is 0 Å². The van der Waals surface area contributed by atoms with Crippen LogP contribution in [0, 0.1) is 0 Å². The Kier molecular flexibility index (Phi) is 4.92. The summed E-state index contributed by atoms with van der Waals surface area (Å²) in [6.07, 6.45) is 0.367. The van der Waals surface area contributed by atoms with Gasteiger partial charge in [0.15, 0.2) is 16.4 Å². The standard InChI is InChI=1S/C13H14ClNO6S/c14-8-1-2-10(13(17)18)11(5-8)21-6-12(16)15-9-3-4-22(19,20)7-9/h1-2,5,9H,3-4,6-7H2,(H,15,16)(H,17,18)/t9-/m1/s1. The number of aromatic carboxylic acids is 1. The molecule has 1 aromatic carbocycles. The second kappa shape index (κ2) is 6.53. The first-order valence-corrected chi connectivity index (χ1v) is 8.62. The van der Waals surface area contributed by atoms with E-state index in [0.717, 1.165) is 0 Å². The molecule has 0 saturated carbocycles.